The predicted octanol–water partition coefficient (Wildman–Crippen LogP) is 4.75. The molecule has 3 rings (SSSR count). The van der Waals surface area contributed by atoms with Crippen molar-refractivity contribution in [2.24, 2.45) is 0 Å². The van der Waals surface area contributed by atoms with Crippen molar-refractivity contribution < 1.29 is 0 Å². The highest BCUT2D eigenvalue weighted by atomic mass is 32.1. The van der Waals surface area contributed by atoms with E-state index in [-0.39, 0.29) is 0 Å². The van der Waals surface area contributed by atoms with Crippen molar-refractivity contribution >= 4 is 33.4 Å². The van der Waals surface area contributed by atoms with Gasteiger partial charge in [-0.05, 0) is 17.9 Å². The summed E-state index contributed by atoms with van der Waals surface area (Å²) >= 11 is 1.60. The minimum atomic E-state index is 0.729. The van der Waals surface area contributed by atoms with Gasteiger partial charge in [0.1, 0.15) is 10.7 Å². The molecule has 0 bridgehead atoms. The Morgan fingerprint density at radius 1 is 1.28 bits per heavy atom. The number of allylic oxidation sites excluding steroid dienone is 1. The van der Waals surface area contributed by atoms with E-state index >= 15 is 0 Å². The molecule has 2 N–H and O–H groups in total. The van der Waals surface area contributed by atoms with E-state index < -0.39 is 0 Å². The molecular weight excluding hydrogens is 330 g/mol. The molecule has 0 spiro atoms. The molecule has 3 aromatic rings. The largest absolute Gasteiger partial charge is 0.359 e. The Balaban J connectivity index is 1.75. The Kier molecular flexibility index (Phi) is 5.00. The Morgan fingerprint density at radius 3 is 2.88 bits per heavy atom. The highest BCUT2D eigenvalue weighted by Gasteiger charge is 2.12. The molecular formula is C19H21N5S. The summed E-state index contributed by atoms with van der Waals surface area (Å²) in [6.45, 7) is 14.4. The molecule has 6 heteroatoms. The van der Waals surface area contributed by atoms with Crippen LogP contribution in [0.15, 0.2) is 61.7 Å². The van der Waals surface area contributed by atoms with Crippen molar-refractivity contribution in [2.45, 2.75) is 19.8 Å². The molecule has 0 atom stereocenters. The van der Waals surface area contributed by atoms with Crippen molar-refractivity contribution in [2.75, 3.05) is 5.32 Å². The van der Waals surface area contributed by atoms with E-state index in [0.29, 0.717) is 0 Å². The molecule has 0 aliphatic carbocycles. The van der Waals surface area contributed by atoms with Crippen LogP contribution in [0.1, 0.15) is 31.0 Å². The topological polar surface area (TPSA) is 54.2 Å². The third kappa shape index (κ3) is 3.80. The Hall–Kier alpha value is -2.86. The van der Waals surface area contributed by atoms with Crippen LogP contribution < -0.4 is 10.6 Å². The molecule has 3 aromatic heterocycles. The fraction of sp³-hybridized carbons (Fsp3) is 0.158. The number of nitrogens with zero attached hydrogens (tertiary/aromatic N) is 3. The van der Waals surface area contributed by atoms with E-state index in [0.717, 1.165) is 51.8 Å². The number of aromatic nitrogens is 3. The van der Waals surface area contributed by atoms with Crippen LogP contribution in [0.2, 0.25) is 0 Å². The second kappa shape index (κ2) is 7.36. The van der Waals surface area contributed by atoms with Crippen molar-refractivity contribution in [1.82, 2.24) is 19.7 Å². The summed E-state index contributed by atoms with van der Waals surface area (Å²) in [4.78, 5) is 8.61. The van der Waals surface area contributed by atoms with Gasteiger partial charge in [0, 0.05) is 35.5 Å². The average molecular weight is 351 g/mol. The standard InChI is InChI=1S/C19H21N5S/c1-5-6-13(2)21-14(3)16-7-10-25-19(16)22-15(4)17-12-24-9-8-20-11-18(24)23-17/h7-12,21-22H,2-6H2,1H3. The van der Waals surface area contributed by atoms with Crippen LogP contribution in [-0.4, -0.2) is 14.4 Å². The first kappa shape index (κ1) is 17.0. The molecule has 0 aliphatic rings. The van der Waals surface area contributed by atoms with Crippen LogP contribution in [0.3, 0.4) is 0 Å². The fourth-order valence-corrected chi connectivity index (χ4v) is 3.32. The summed E-state index contributed by atoms with van der Waals surface area (Å²) in [6, 6.07) is 2.03. The summed E-state index contributed by atoms with van der Waals surface area (Å²) in [5, 5.41) is 9.63. The number of fused-ring (bicyclic) bond motifs is 1. The summed E-state index contributed by atoms with van der Waals surface area (Å²) < 4.78 is 1.92. The molecule has 0 unspecified atom stereocenters. The van der Waals surface area contributed by atoms with Gasteiger partial charge in [-0.15, -0.1) is 11.3 Å². The van der Waals surface area contributed by atoms with Gasteiger partial charge in [-0.3, -0.25) is 4.98 Å². The molecule has 5 nitrogen and oxygen atoms in total. The maximum atomic E-state index is 4.53. The smallest absolute Gasteiger partial charge is 0.156 e. The minimum Gasteiger partial charge on any atom is -0.359 e. The number of hydrogen-bond acceptors (Lipinski definition) is 5. The molecule has 0 saturated heterocycles. The first-order valence-corrected chi connectivity index (χ1v) is 8.93. The lowest BCUT2D eigenvalue weighted by atomic mass is 10.2. The summed E-state index contributed by atoms with van der Waals surface area (Å²) in [7, 11) is 0. The molecule has 0 fully saturated rings. The molecule has 0 aromatic carbocycles. The summed E-state index contributed by atoms with van der Waals surface area (Å²) in [5.41, 5.74) is 5.10. The molecule has 0 amide bonds. The number of rotatable bonds is 8. The lowest BCUT2D eigenvalue weighted by Gasteiger charge is -2.13. The number of hydrogen-bond donors (Lipinski definition) is 2. The van der Waals surface area contributed by atoms with E-state index in [4.69, 9.17) is 0 Å². The molecule has 0 saturated carbocycles. The van der Waals surface area contributed by atoms with Gasteiger partial charge >= 0.3 is 0 Å². The van der Waals surface area contributed by atoms with Gasteiger partial charge in [0.25, 0.3) is 0 Å². The highest BCUT2D eigenvalue weighted by Crippen LogP contribution is 2.30. The monoisotopic (exact) mass is 351 g/mol. The summed E-state index contributed by atoms with van der Waals surface area (Å²) in [6.07, 6.45) is 9.21. The van der Waals surface area contributed by atoms with Crippen molar-refractivity contribution in [3.8, 4) is 0 Å². The van der Waals surface area contributed by atoms with Gasteiger partial charge in [-0.1, -0.05) is 33.1 Å². The maximum Gasteiger partial charge on any atom is 0.156 e. The zero-order valence-electron chi connectivity index (χ0n) is 14.2. The first-order chi connectivity index (χ1) is 12.1. The number of anilines is 1. The first-order valence-electron chi connectivity index (χ1n) is 8.05. The number of imidazole rings is 1. The second-order valence-corrected chi connectivity index (χ2v) is 6.61. The number of nitrogens with one attached hydrogen (secondary N) is 2. The fourth-order valence-electron chi connectivity index (χ4n) is 2.48. The van der Waals surface area contributed by atoms with E-state index in [1.54, 1.807) is 23.7 Å². The van der Waals surface area contributed by atoms with Gasteiger partial charge in [0.05, 0.1) is 11.9 Å². The van der Waals surface area contributed by atoms with Crippen molar-refractivity contribution in [3.05, 3.63) is 72.9 Å². The molecule has 128 valence electrons. The SMILES string of the molecule is C=C(CCC)NC(=C)c1ccsc1NC(=C)c1cn2ccncc2n1. The zero-order valence-corrected chi connectivity index (χ0v) is 15.1. The van der Waals surface area contributed by atoms with Crippen molar-refractivity contribution in [3.63, 3.8) is 0 Å². The maximum absolute atomic E-state index is 4.53. The molecule has 25 heavy (non-hydrogen) atoms. The van der Waals surface area contributed by atoms with Crippen LogP contribution in [0.25, 0.3) is 17.0 Å². The second-order valence-electron chi connectivity index (χ2n) is 5.69. The molecule has 0 aliphatic heterocycles. The third-order valence-electron chi connectivity index (χ3n) is 3.71. The van der Waals surface area contributed by atoms with Gasteiger partial charge in [-0.25, -0.2) is 4.98 Å². The normalized spacial score (nSPS) is 10.6. The van der Waals surface area contributed by atoms with Crippen LogP contribution in [-0.2, 0) is 0 Å². The number of thiophene rings is 1. The Labute approximate surface area is 151 Å². The highest BCUT2D eigenvalue weighted by molar-refractivity contribution is 7.14. The average Bonchev–Trinajstić information content (AvgIpc) is 3.21. The predicted molar refractivity (Wildman–Crippen MR) is 106 cm³/mol. The van der Waals surface area contributed by atoms with E-state index in [2.05, 4.69) is 47.3 Å². The quantitative estimate of drug-likeness (QED) is 0.615. The van der Waals surface area contributed by atoms with Gasteiger partial charge in [-0.2, -0.15) is 0 Å². The molecule has 0 radical (unpaired) electrons. The van der Waals surface area contributed by atoms with Crippen LogP contribution >= 0.6 is 11.3 Å². The van der Waals surface area contributed by atoms with E-state index in [1.165, 1.54) is 0 Å². The summed E-state index contributed by atoms with van der Waals surface area (Å²) in [5.74, 6) is 0. The minimum absolute atomic E-state index is 0.729. The van der Waals surface area contributed by atoms with E-state index in [1.807, 2.05) is 28.2 Å². The van der Waals surface area contributed by atoms with Crippen LogP contribution in [0, 0.1) is 0 Å². The lowest BCUT2D eigenvalue weighted by Crippen LogP contribution is -2.10. The van der Waals surface area contributed by atoms with Gasteiger partial charge in [0.2, 0.25) is 0 Å². The van der Waals surface area contributed by atoms with Crippen molar-refractivity contribution in [1.29, 1.82) is 0 Å². The van der Waals surface area contributed by atoms with Crippen LogP contribution in [0.5, 0.6) is 0 Å². The Morgan fingerprint density at radius 2 is 2.12 bits per heavy atom. The third-order valence-corrected chi connectivity index (χ3v) is 4.54. The van der Waals surface area contributed by atoms with E-state index in [9.17, 15) is 0 Å². The van der Waals surface area contributed by atoms with Gasteiger partial charge < -0.3 is 15.0 Å². The van der Waals surface area contributed by atoms with Crippen LogP contribution in [0.4, 0.5) is 5.00 Å². The Bertz CT molecular complexity index is 901. The molecule has 3 heterocycles. The van der Waals surface area contributed by atoms with Gasteiger partial charge in [0.15, 0.2) is 5.65 Å². The zero-order chi connectivity index (χ0) is 17.8. The lowest BCUT2D eigenvalue weighted by molar-refractivity contribution is 0.852.